The van der Waals surface area contributed by atoms with Crippen molar-refractivity contribution in [3.8, 4) is 0 Å². The Morgan fingerprint density at radius 3 is 2.36 bits per heavy atom. The highest BCUT2D eigenvalue weighted by Gasteiger charge is 2.27. The van der Waals surface area contributed by atoms with Gasteiger partial charge >= 0.3 is 0 Å². The smallest absolute Gasteiger partial charge is 0.241 e. The van der Waals surface area contributed by atoms with Crippen LogP contribution in [-0.4, -0.2) is 38.4 Å². The molecule has 1 atom stereocenters. The van der Waals surface area contributed by atoms with E-state index in [1.165, 1.54) is 12.1 Å². The lowest BCUT2D eigenvalue weighted by Crippen LogP contribution is -2.49. The first kappa shape index (κ1) is 17.4. The minimum absolute atomic E-state index is 0.155. The van der Waals surface area contributed by atoms with Gasteiger partial charge in [0.2, 0.25) is 15.9 Å². The normalized spacial score (nSPS) is 18.2. The first-order valence-electron chi connectivity index (χ1n) is 7.36. The van der Waals surface area contributed by atoms with Gasteiger partial charge in [-0.25, -0.2) is 8.42 Å². The van der Waals surface area contributed by atoms with Crippen molar-refractivity contribution in [2.75, 3.05) is 13.1 Å². The summed E-state index contributed by atoms with van der Waals surface area (Å²) in [7, 11) is -3.69. The minimum atomic E-state index is -3.69. The molecule has 0 unspecified atom stereocenters. The predicted octanol–water partition coefficient (Wildman–Crippen LogP) is 2.37. The molecule has 1 amide bonds. The molecule has 0 spiro atoms. The van der Waals surface area contributed by atoms with Crippen LogP contribution in [0.2, 0.25) is 0 Å². The van der Waals surface area contributed by atoms with Crippen LogP contribution < -0.4 is 4.72 Å². The number of hydrogen-bond acceptors (Lipinski definition) is 3. The van der Waals surface area contributed by atoms with Gasteiger partial charge in [0.25, 0.3) is 0 Å². The molecule has 1 fully saturated rings. The number of rotatable bonds is 4. The van der Waals surface area contributed by atoms with E-state index in [-0.39, 0.29) is 10.8 Å². The van der Waals surface area contributed by atoms with Crippen LogP contribution in [0.5, 0.6) is 0 Å². The molecule has 1 saturated heterocycles. The van der Waals surface area contributed by atoms with Crippen molar-refractivity contribution in [2.24, 2.45) is 5.92 Å². The Kier molecular flexibility index (Phi) is 5.63. The lowest BCUT2D eigenvalue weighted by Gasteiger charge is -2.32. The quantitative estimate of drug-likeness (QED) is 0.860. The lowest BCUT2D eigenvalue weighted by atomic mass is 9.99. The molecule has 1 aliphatic rings. The van der Waals surface area contributed by atoms with Crippen LogP contribution in [-0.2, 0) is 14.8 Å². The van der Waals surface area contributed by atoms with Gasteiger partial charge < -0.3 is 4.90 Å². The van der Waals surface area contributed by atoms with Gasteiger partial charge in [0.05, 0.1) is 10.9 Å². The molecule has 0 aromatic heterocycles. The van der Waals surface area contributed by atoms with Crippen LogP contribution in [0.15, 0.2) is 33.6 Å². The lowest BCUT2D eigenvalue weighted by molar-refractivity contribution is -0.133. The number of piperidine rings is 1. The van der Waals surface area contributed by atoms with Crippen LogP contribution in [0.3, 0.4) is 0 Å². The number of carbonyl (C=O) groups excluding carboxylic acids is 1. The standard InChI is InChI=1S/C15H21BrN2O3S/c1-11-7-9-18(10-8-11)15(19)12(2)17-22(20,21)14-5-3-13(16)4-6-14/h3-6,11-12,17H,7-10H2,1-2H3/t12-/m1/s1. The van der Waals surface area contributed by atoms with E-state index in [1.807, 2.05) is 0 Å². The third-order valence-electron chi connectivity index (χ3n) is 3.92. The molecule has 1 aromatic carbocycles. The molecule has 0 radical (unpaired) electrons. The first-order valence-corrected chi connectivity index (χ1v) is 9.64. The van der Waals surface area contributed by atoms with E-state index >= 15 is 0 Å². The minimum Gasteiger partial charge on any atom is -0.341 e. The molecular weight excluding hydrogens is 368 g/mol. The highest BCUT2D eigenvalue weighted by atomic mass is 79.9. The van der Waals surface area contributed by atoms with Crippen molar-refractivity contribution in [3.63, 3.8) is 0 Å². The van der Waals surface area contributed by atoms with E-state index in [9.17, 15) is 13.2 Å². The summed E-state index contributed by atoms with van der Waals surface area (Å²) in [5.74, 6) is 0.464. The van der Waals surface area contributed by atoms with Gasteiger partial charge in [0.1, 0.15) is 0 Å². The second-order valence-corrected chi connectivity index (χ2v) is 8.43. The van der Waals surface area contributed by atoms with Crippen molar-refractivity contribution in [1.29, 1.82) is 0 Å². The molecule has 1 N–H and O–H groups in total. The second kappa shape index (κ2) is 7.10. The molecule has 0 bridgehead atoms. The number of sulfonamides is 1. The molecule has 7 heteroatoms. The maximum atomic E-state index is 12.4. The number of likely N-dealkylation sites (tertiary alicyclic amines) is 1. The Bertz CT molecular complexity index is 623. The molecule has 0 saturated carbocycles. The summed E-state index contributed by atoms with van der Waals surface area (Å²) >= 11 is 3.27. The van der Waals surface area contributed by atoms with E-state index in [0.29, 0.717) is 19.0 Å². The number of amides is 1. The summed E-state index contributed by atoms with van der Waals surface area (Å²) in [6.45, 7) is 5.16. The summed E-state index contributed by atoms with van der Waals surface area (Å²) in [5.41, 5.74) is 0. The summed E-state index contributed by atoms with van der Waals surface area (Å²) in [5, 5.41) is 0. The first-order chi connectivity index (χ1) is 10.3. The number of benzene rings is 1. The summed E-state index contributed by atoms with van der Waals surface area (Å²) in [6.07, 6.45) is 1.94. The monoisotopic (exact) mass is 388 g/mol. The topological polar surface area (TPSA) is 66.5 Å². The summed E-state index contributed by atoms with van der Waals surface area (Å²) < 4.78 is 27.9. The zero-order valence-corrected chi connectivity index (χ0v) is 15.2. The van der Waals surface area contributed by atoms with Crippen molar-refractivity contribution in [3.05, 3.63) is 28.7 Å². The average molecular weight is 389 g/mol. The Hall–Kier alpha value is -0.920. The van der Waals surface area contributed by atoms with Crippen molar-refractivity contribution >= 4 is 31.9 Å². The fourth-order valence-corrected chi connectivity index (χ4v) is 3.93. The number of nitrogens with zero attached hydrogens (tertiary/aromatic N) is 1. The van der Waals surface area contributed by atoms with Gasteiger partial charge in [0, 0.05) is 17.6 Å². The van der Waals surface area contributed by atoms with Crippen LogP contribution >= 0.6 is 15.9 Å². The highest BCUT2D eigenvalue weighted by Crippen LogP contribution is 2.18. The molecule has 22 heavy (non-hydrogen) atoms. The molecule has 1 aromatic rings. The number of carbonyl (C=O) groups is 1. The zero-order valence-electron chi connectivity index (χ0n) is 12.8. The Labute approximate surface area is 140 Å². The Morgan fingerprint density at radius 2 is 1.82 bits per heavy atom. The third-order valence-corrected chi connectivity index (χ3v) is 6.01. The molecular formula is C15H21BrN2O3S. The van der Waals surface area contributed by atoms with Crippen LogP contribution in [0, 0.1) is 5.92 Å². The van der Waals surface area contributed by atoms with Crippen molar-refractivity contribution in [1.82, 2.24) is 9.62 Å². The zero-order chi connectivity index (χ0) is 16.3. The van der Waals surface area contributed by atoms with Gasteiger partial charge in [-0.2, -0.15) is 4.72 Å². The van der Waals surface area contributed by atoms with Gasteiger partial charge in [0.15, 0.2) is 0 Å². The number of hydrogen-bond donors (Lipinski definition) is 1. The Morgan fingerprint density at radius 1 is 1.27 bits per heavy atom. The molecule has 1 aliphatic heterocycles. The molecule has 1 heterocycles. The van der Waals surface area contributed by atoms with E-state index in [2.05, 4.69) is 27.6 Å². The van der Waals surface area contributed by atoms with E-state index < -0.39 is 16.1 Å². The molecule has 0 aliphatic carbocycles. The van der Waals surface area contributed by atoms with Gasteiger partial charge in [-0.1, -0.05) is 22.9 Å². The second-order valence-electron chi connectivity index (χ2n) is 5.80. The van der Waals surface area contributed by atoms with Crippen molar-refractivity contribution in [2.45, 2.75) is 37.6 Å². The van der Waals surface area contributed by atoms with Crippen LogP contribution in [0.1, 0.15) is 26.7 Å². The van der Waals surface area contributed by atoms with E-state index in [4.69, 9.17) is 0 Å². The highest BCUT2D eigenvalue weighted by molar-refractivity contribution is 9.10. The van der Waals surface area contributed by atoms with Gasteiger partial charge in [-0.05, 0) is 49.9 Å². The SMILES string of the molecule is CC1CCN(C(=O)[C@@H](C)NS(=O)(=O)c2ccc(Br)cc2)CC1. The Balaban J connectivity index is 2.02. The molecule has 5 nitrogen and oxygen atoms in total. The van der Waals surface area contributed by atoms with Gasteiger partial charge in [-0.15, -0.1) is 0 Å². The maximum Gasteiger partial charge on any atom is 0.241 e. The van der Waals surface area contributed by atoms with Crippen LogP contribution in [0.4, 0.5) is 0 Å². The van der Waals surface area contributed by atoms with E-state index in [1.54, 1.807) is 24.0 Å². The van der Waals surface area contributed by atoms with Gasteiger partial charge in [-0.3, -0.25) is 4.79 Å². The average Bonchev–Trinajstić information content (AvgIpc) is 2.47. The van der Waals surface area contributed by atoms with E-state index in [0.717, 1.165) is 17.3 Å². The molecule has 2 rings (SSSR count). The largest absolute Gasteiger partial charge is 0.341 e. The number of nitrogens with one attached hydrogen (secondary N) is 1. The fraction of sp³-hybridized carbons (Fsp3) is 0.533. The number of halogens is 1. The third kappa shape index (κ3) is 4.30. The van der Waals surface area contributed by atoms with Crippen LogP contribution in [0.25, 0.3) is 0 Å². The maximum absolute atomic E-state index is 12.4. The van der Waals surface area contributed by atoms with Crippen molar-refractivity contribution < 1.29 is 13.2 Å². The fourth-order valence-electron chi connectivity index (χ4n) is 2.47. The molecule has 122 valence electrons. The summed E-state index contributed by atoms with van der Waals surface area (Å²) in [6, 6.07) is 5.57. The predicted molar refractivity (Wildman–Crippen MR) is 88.9 cm³/mol. The summed E-state index contributed by atoms with van der Waals surface area (Å²) in [4.78, 5) is 14.3.